The van der Waals surface area contributed by atoms with Gasteiger partial charge < -0.3 is 14.9 Å². The Morgan fingerprint density at radius 2 is 2.10 bits per heavy atom. The average molecular weight is 148 g/mol. The molecule has 0 saturated carbocycles. The van der Waals surface area contributed by atoms with Gasteiger partial charge in [0.25, 0.3) is 0 Å². The van der Waals surface area contributed by atoms with E-state index < -0.39 is 18.2 Å². The Bertz CT molecular complexity index is 110. The van der Waals surface area contributed by atoms with Gasteiger partial charge in [-0.15, -0.1) is 0 Å². The van der Waals surface area contributed by atoms with E-state index in [1.165, 1.54) is 6.92 Å². The maximum Gasteiger partial charge on any atom is 0.335 e. The second kappa shape index (κ2) is 4.24. The van der Waals surface area contributed by atoms with Crippen molar-refractivity contribution in [2.75, 3.05) is 6.61 Å². The summed E-state index contributed by atoms with van der Waals surface area (Å²) in [4.78, 5) is 10.5. The van der Waals surface area contributed by atoms with Gasteiger partial charge in [-0.2, -0.15) is 0 Å². The van der Waals surface area contributed by atoms with Gasteiger partial charge in [-0.1, -0.05) is 0 Å². The summed E-state index contributed by atoms with van der Waals surface area (Å²) in [5.74, 6) is -0.707. The monoisotopic (exact) mass is 148 g/mol. The molecule has 60 valence electrons. The summed E-state index contributed by atoms with van der Waals surface area (Å²) < 4.78 is 4.52. The lowest BCUT2D eigenvalue weighted by Crippen LogP contribution is -2.25. The topological polar surface area (TPSA) is 66.8 Å². The van der Waals surface area contributed by atoms with E-state index in [9.17, 15) is 4.79 Å². The molecule has 2 atom stereocenters. The van der Waals surface area contributed by atoms with Crippen LogP contribution in [-0.2, 0) is 9.53 Å². The molecule has 0 amide bonds. The molecule has 10 heavy (non-hydrogen) atoms. The van der Waals surface area contributed by atoms with E-state index >= 15 is 0 Å². The molecule has 0 rings (SSSR count). The van der Waals surface area contributed by atoms with Crippen LogP contribution in [0.1, 0.15) is 13.8 Å². The van der Waals surface area contributed by atoms with Crippen molar-refractivity contribution in [2.45, 2.75) is 26.1 Å². The van der Waals surface area contributed by atoms with Gasteiger partial charge in [0.2, 0.25) is 0 Å². The first-order valence-corrected chi connectivity index (χ1v) is 3.07. The van der Waals surface area contributed by atoms with Gasteiger partial charge in [0.05, 0.1) is 6.61 Å². The molecule has 0 aromatic carbocycles. The van der Waals surface area contributed by atoms with Crippen LogP contribution in [0.2, 0.25) is 0 Å². The number of rotatable bonds is 3. The normalized spacial score (nSPS) is 16.0. The van der Waals surface area contributed by atoms with Crippen LogP contribution in [0.4, 0.5) is 0 Å². The average Bonchev–Trinajstić information content (AvgIpc) is 1.87. The van der Waals surface area contributed by atoms with Gasteiger partial charge >= 0.3 is 5.97 Å². The van der Waals surface area contributed by atoms with Gasteiger partial charge in [-0.25, -0.2) is 4.79 Å². The molecule has 0 aromatic heterocycles. The highest BCUT2D eigenvalue weighted by Gasteiger charge is 2.12. The van der Waals surface area contributed by atoms with Crippen LogP contribution < -0.4 is 0 Å². The van der Waals surface area contributed by atoms with Crippen molar-refractivity contribution < 1.29 is 19.7 Å². The fourth-order valence-electron chi connectivity index (χ4n) is 0.334. The molecule has 4 nitrogen and oxygen atoms in total. The first kappa shape index (κ1) is 9.39. The molecular weight excluding hydrogens is 136 g/mol. The molecule has 0 heterocycles. The van der Waals surface area contributed by atoms with Crippen molar-refractivity contribution in [2.24, 2.45) is 0 Å². The van der Waals surface area contributed by atoms with E-state index in [0.29, 0.717) is 0 Å². The van der Waals surface area contributed by atoms with E-state index in [0.717, 1.165) is 0 Å². The summed E-state index contributed by atoms with van der Waals surface area (Å²) >= 11 is 0. The fourth-order valence-corrected chi connectivity index (χ4v) is 0.334. The SMILES string of the molecule is CC(CO)OC(=O)[C@H](C)O. The minimum Gasteiger partial charge on any atom is -0.458 e. The quantitative estimate of drug-likeness (QED) is 0.519. The number of hydrogen-bond acceptors (Lipinski definition) is 4. The molecule has 0 aromatic rings. The van der Waals surface area contributed by atoms with Crippen LogP contribution in [0.3, 0.4) is 0 Å². The highest BCUT2D eigenvalue weighted by Crippen LogP contribution is 1.92. The Balaban J connectivity index is 3.57. The number of carbonyl (C=O) groups excluding carboxylic acids is 1. The smallest absolute Gasteiger partial charge is 0.335 e. The van der Waals surface area contributed by atoms with E-state index in [-0.39, 0.29) is 6.61 Å². The molecule has 0 saturated heterocycles. The number of aliphatic hydroxyl groups is 2. The van der Waals surface area contributed by atoms with Gasteiger partial charge in [0.15, 0.2) is 0 Å². The molecule has 1 unspecified atom stereocenters. The van der Waals surface area contributed by atoms with E-state index in [2.05, 4.69) is 4.74 Å². The largest absolute Gasteiger partial charge is 0.458 e. The number of esters is 1. The van der Waals surface area contributed by atoms with Crippen LogP contribution in [0.5, 0.6) is 0 Å². The molecule has 0 fully saturated rings. The lowest BCUT2D eigenvalue weighted by Gasteiger charge is -2.10. The molecule has 0 aliphatic rings. The van der Waals surface area contributed by atoms with Crippen molar-refractivity contribution in [3.8, 4) is 0 Å². The zero-order valence-corrected chi connectivity index (χ0v) is 6.07. The van der Waals surface area contributed by atoms with Crippen LogP contribution in [0.25, 0.3) is 0 Å². The summed E-state index contributed by atoms with van der Waals surface area (Å²) in [7, 11) is 0. The predicted octanol–water partition coefficient (Wildman–Crippen LogP) is -0.709. The molecule has 0 radical (unpaired) electrons. The summed E-state index contributed by atoms with van der Waals surface area (Å²) in [6, 6.07) is 0. The highest BCUT2D eigenvalue weighted by molar-refractivity contribution is 5.73. The third kappa shape index (κ3) is 3.42. The molecule has 0 aliphatic heterocycles. The van der Waals surface area contributed by atoms with Crippen LogP contribution in [0.15, 0.2) is 0 Å². The van der Waals surface area contributed by atoms with Gasteiger partial charge in [0.1, 0.15) is 12.2 Å². The van der Waals surface area contributed by atoms with Crippen LogP contribution >= 0.6 is 0 Å². The molecule has 0 spiro atoms. The highest BCUT2D eigenvalue weighted by atomic mass is 16.6. The van der Waals surface area contributed by atoms with Crippen molar-refractivity contribution >= 4 is 5.97 Å². The Labute approximate surface area is 59.4 Å². The molecule has 0 aliphatic carbocycles. The predicted molar refractivity (Wildman–Crippen MR) is 34.3 cm³/mol. The van der Waals surface area contributed by atoms with Crippen LogP contribution in [-0.4, -0.2) is 35.0 Å². The van der Waals surface area contributed by atoms with Crippen molar-refractivity contribution in [1.82, 2.24) is 0 Å². The third-order valence-corrected chi connectivity index (χ3v) is 0.916. The van der Waals surface area contributed by atoms with Crippen molar-refractivity contribution in [1.29, 1.82) is 0 Å². The Morgan fingerprint density at radius 3 is 2.40 bits per heavy atom. The fraction of sp³-hybridized carbons (Fsp3) is 0.833. The Morgan fingerprint density at radius 1 is 1.60 bits per heavy atom. The Kier molecular flexibility index (Phi) is 3.99. The minimum atomic E-state index is -1.12. The molecule has 2 N–H and O–H groups in total. The minimum absolute atomic E-state index is 0.224. The van der Waals surface area contributed by atoms with E-state index in [1.54, 1.807) is 6.92 Å². The number of hydrogen-bond donors (Lipinski definition) is 2. The number of ether oxygens (including phenoxy) is 1. The van der Waals surface area contributed by atoms with Crippen molar-refractivity contribution in [3.63, 3.8) is 0 Å². The maximum atomic E-state index is 10.5. The maximum absolute atomic E-state index is 10.5. The third-order valence-electron chi connectivity index (χ3n) is 0.916. The van der Waals surface area contributed by atoms with Gasteiger partial charge in [0, 0.05) is 0 Å². The Hall–Kier alpha value is -0.610. The van der Waals surface area contributed by atoms with E-state index in [1.807, 2.05) is 0 Å². The van der Waals surface area contributed by atoms with Gasteiger partial charge in [-0.3, -0.25) is 0 Å². The summed E-state index contributed by atoms with van der Waals surface area (Å²) in [6.45, 7) is 2.63. The molecular formula is C6H12O4. The lowest BCUT2D eigenvalue weighted by atomic mass is 10.4. The standard InChI is InChI=1S/C6H12O4/c1-4(3-7)10-6(9)5(2)8/h4-5,7-8H,3H2,1-2H3/t4?,5-/m0/s1. The lowest BCUT2D eigenvalue weighted by molar-refractivity contribution is -0.158. The summed E-state index contributed by atoms with van der Waals surface area (Å²) in [5, 5.41) is 17.0. The second-order valence-electron chi connectivity index (χ2n) is 2.11. The first-order valence-electron chi connectivity index (χ1n) is 3.07. The zero-order valence-electron chi connectivity index (χ0n) is 6.07. The van der Waals surface area contributed by atoms with Crippen molar-refractivity contribution in [3.05, 3.63) is 0 Å². The molecule has 4 heteroatoms. The number of carbonyl (C=O) groups is 1. The second-order valence-corrected chi connectivity index (χ2v) is 2.11. The summed E-state index contributed by atoms with van der Waals surface area (Å²) in [5.41, 5.74) is 0. The number of aliphatic hydroxyl groups excluding tert-OH is 2. The van der Waals surface area contributed by atoms with Crippen LogP contribution in [0, 0.1) is 0 Å². The van der Waals surface area contributed by atoms with E-state index in [4.69, 9.17) is 10.2 Å². The summed E-state index contributed by atoms with van der Waals surface area (Å²) in [6.07, 6.45) is -1.66. The van der Waals surface area contributed by atoms with Gasteiger partial charge in [-0.05, 0) is 13.8 Å². The first-order chi connectivity index (χ1) is 4.57. The zero-order chi connectivity index (χ0) is 8.15. The molecule has 0 bridgehead atoms.